The molecule has 92 valence electrons. The van der Waals surface area contributed by atoms with E-state index < -0.39 is 36.0 Å². The molecular formula is C9H11N3O5. The number of imide groups is 2. The van der Waals surface area contributed by atoms with Crippen molar-refractivity contribution in [3.8, 4) is 0 Å². The van der Waals surface area contributed by atoms with Crippen molar-refractivity contribution in [2.45, 2.75) is 27.2 Å². The lowest BCUT2D eigenvalue weighted by atomic mass is 10.3. The summed E-state index contributed by atoms with van der Waals surface area (Å²) in [4.78, 5) is 56.8. The highest BCUT2D eigenvalue weighted by atomic mass is 16.3. The Kier molecular flexibility index (Phi) is 3.26. The van der Waals surface area contributed by atoms with Gasteiger partial charge in [0.25, 0.3) is 17.7 Å². The van der Waals surface area contributed by atoms with E-state index in [1.165, 1.54) is 0 Å². The van der Waals surface area contributed by atoms with Crippen molar-refractivity contribution < 1.29 is 24.0 Å². The molecule has 1 fully saturated rings. The van der Waals surface area contributed by atoms with E-state index in [1.54, 1.807) is 0 Å². The fraction of sp³-hybridized carbons (Fsp3) is 0.444. The Morgan fingerprint density at radius 2 is 1.18 bits per heavy atom. The molecule has 8 heteroatoms. The summed E-state index contributed by atoms with van der Waals surface area (Å²) >= 11 is 0. The second-order valence-electron chi connectivity index (χ2n) is 3.43. The predicted octanol–water partition coefficient (Wildman–Crippen LogP) is -1.18. The molecule has 0 aromatic rings. The maximum atomic E-state index is 11.5. The Bertz CT molecular complexity index is 398. The standard InChI is InChI=1S/C9H11N3O5/c1-5(13)10-8(16)4-9(17)11(6(2)14)12(10)7(3)15/h4H2,1-3H3. The van der Waals surface area contributed by atoms with Crippen LogP contribution >= 0.6 is 0 Å². The highest BCUT2D eigenvalue weighted by Gasteiger charge is 2.43. The zero-order chi connectivity index (χ0) is 13.3. The molecule has 0 aromatic carbocycles. The summed E-state index contributed by atoms with van der Waals surface area (Å²) in [6.45, 7) is 3.15. The van der Waals surface area contributed by atoms with Crippen LogP contribution in [-0.4, -0.2) is 44.7 Å². The van der Waals surface area contributed by atoms with E-state index in [4.69, 9.17) is 0 Å². The van der Waals surface area contributed by atoms with Crippen LogP contribution in [0.3, 0.4) is 0 Å². The van der Waals surface area contributed by atoms with Gasteiger partial charge < -0.3 is 0 Å². The summed E-state index contributed by atoms with van der Waals surface area (Å²) in [5.74, 6) is -3.95. The van der Waals surface area contributed by atoms with Crippen molar-refractivity contribution in [1.29, 1.82) is 0 Å². The first kappa shape index (κ1) is 12.8. The second-order valence-corrected chi connectivity index (χ2v) is 3.43. The van der Waals surface area contributed by atoms with Crippen LogP contribution in [-0.2, 0) is 24.0 Å². The molecular weight excluding hydrogens is 230 g/mol. The molecule has 5 amide bonds. The van der Waals surface area contributed by atoms with Crippen LogP contribution in [0.15, 0.2) is 0 Å². The quantitative estimate of drug-likeness (QED) is 0.497. The lowest BCUT2D eigenvalue weighted by Crippen LogP contribution is -2.66. The van der Waals surface area contributed by atoms with Crippen molar-refractivity contribution in [3.63, 3.8) is 0 Å². The van der Waals surface area contributed by atoms with Gasteiger partial charge in [0.1, 0.15) is 6.42 Å². The van der Waals surface area contributed by atoms with E-state index in [-0.39, 0.29) is 0 Å². The summed E-state index contributed by atoms with van der Waals surface area (Å²) in [5, 5.41) is 1.41. The minimum atomic E-state index is -0.838. The number of hydrogen-bond donors (Lipinski definition) is 0. The molecule has 0 N–H and O–H groups in total. The highest BCUT2D eigenvalue weighted by molar-refractivity contribution is 6.11. The predicted molar refractivity (Wildman–Crippen MR) is 52.2 cm³/mol. The van der Waals surface area contributed by atoms with Crippen molar-refractivity contribution in [2.24, 2.45) is 0 Å². The molecule has 0 spiro atoms. The smallest absolute Gasteiger partial charge is 0.259 e. The van der Waals surface area contributed by atoms with E-state index in [9.17, 15) is 24.0 Å². The van der Waals surface area contributed by atoms with Crippen molar-refractivity contribution >= 4 is 29.5 Å². The number of carbonyl (C=O) groups excluding carboxylic acids is 5. The van der Waals surface area contributed by atoms with Gasteiger partial charge in [-0.25, -0.2) is 0 Å². The van der Waals surface area contributed by atoms with Crippen molar-refractivity contribution in [1.82, 2.24) is 15.1 Å². The normalized spacial score (nSPS) is 16.3. The molecule has 17 heavy (non-hydrogen) atoms. The average molecular weight is 241 g/mol. The summed E-state index contributed by atoms with van der Waals surface area (Å²) in [6.07, 6.45) is -0.622. The average Bonchev–Trinajstić information content (AvgIpc) is 2.14. The second kappa shape index (κ2) is 4.32. The largest absolute Gasteiger partial charge is 0.273 e. The van der Waals surface area contributed by atoms with Crippen LogP contribution in [0.4, 0.5) is 0 Å². The molecule has 0 aliphatic carbocycles. The van der Waals surface area contributed by atoms with Crippen molar-refractivity contribution in [3.05, 3.63) is 0 Å². The lowest BCUT2D eigenvalue weighted by molar-refractivity contribution is -0.215. The molecule has 0 atom stereocenters. The zero-order valence-corrected chi connectivity index (χ0v) is 9.59. The molecule has 1 saturated heterocycles. The molecule has 8 nitrogen and oxygen atoms in total. The van der Waals surface area contributed by atoms with Crippen molar-refractivity contribution in [2.75, 3.05) is 0 Å². The number of rotatable bonds is 0. The van der Waals surface area contributed by atoms with E-state index in [0.717, 1.165) is 20.8 Å². The van der Waals surface area contributed by atoms with Crippen LogP contribution in [0.5, 0.6) is 0 Å². The van der Waals surface area contributed by atoms with Gasteiger partial charge in [0.2, 0.25) is 11.8 Å². The van der Waals surface area contributed by atoms with Gasteiger partial charge in [0.05, 0.1) is 0 Å². The Balaban J connectivity index is 3.27. The number of amides is 5. The van der Waals surface area contributed by atoms with Gasteiger partial charge in [-0.05, 0) is 0 Å². The Labute approximate surface area is 96.7 Å². The molecule has 0 bridgehead atoms. The SMILES string of the molecule is CC(=O)N1C(=O)CC(=O)N(C(C)=O)N1C(C)=O. The van der Waals surface area contributed by atoms with Crippen LogP contribution < -0.4 is 0 Å². The monoisotopic (exact) mass is 241 g/mol. The van der Waals surface area contributed by atoms with E-state index in [1.807, 2.05) is 0 Å². The molecule has 1 aliphatic rings. The number of hydrazine groups is 2. The van der Waals surface area contributed by atoms with Gasteiger partial charge in [0.15, 0.2) is 0 Å². The van der Waals surface area contributed by atoms with Gasteiger partial charge in [0, 0.05) is 20.8 Å². The summed E-state index contributed by atoms with van der Waals surface area (Å²) in [7, 11) is 0. The van der Waals surface area contributed by atoms with Crippen LogP contribution in [0, 0.1) is 0 Å². The number of nitrogens with zero attached hydrogens (tertiary/aromatic N) is 3. The molecule has 0 unspecified atom stereocenters. The molecule has 0 saturated carbocycles. The third kappa shape index (κ3) is 2.14. The number of carbonyl (C=O) groups is 5. The van der Waals surface area contributed by atoms with Gasteiger partial charge in [-0.2, -0.15) is 10.0 Å². The van der Waals surface area contributed by atoms with E-state index in [2.05, 4.69) is 0 Å². The van der Waals surface area contributed by atoms with Gasteiger partial charge >= 0.3 is 0 Å². The highest BCUT2D eigenvalue weighted by Crippen LogP contribution is 2.16. The Hall–Kier alpha value is -2.25. The Morgan fingerprint density at radius 1 is 0.824 bits per heavy atom. The fourth-order valence-electron chi connectivity index (χ4n) is 1.48. The van der Waals surface area contributed by atoms with Crippen LogP contribution in [0.2, 0.25) is 0 Å². The molecule has 0 aromatic heterocycles. The first-order valence-electron chi connectivity index (χ1n) is 4.75. The zero-order valence-electron chi connectivity index (χ0n) is 9.59. The van der Waals surface area contributed by atoms with Gasteiger partial charge in [-0.15, -0.1) is 5.12 Å². The maximum Gasteiger partial charge on any atom is 0.259 e. The van der Waals surface area contributed by atoms with E-state index in [0.29, 0.717) is 15.1 Å². The third-order valence-electron chi connectivity index (χ3n) is 2.03. The summed E-state index contributed by atoms with van der Waals surface area (Å²) in [5.41, 5.74) is 0. The van der Waals surface area contributed by atoms with Gasteiger partial charge in [-0.3, -0.25) is 24.0 Å². The first-order chi connectivity index (χ1) is 7.77. The minimum absolute atomic E-state index is 0.457. The molecule has 0 radical (unpaired) electrons. The summed E-state index contributed by atoms with van der Waals surface area (Å²) < 4.78 is 0. The fourth-order valence-corrected chi connectivity index (χ4v) is 1.48. The Morgan fingerprint density at radius 3 is 1.41 bits per heavy atom. The van der Waals surface area contributed by atoms with Gasteiger partial charge in [-0.1, -0.05) is 0 Å². The van der Waals surface area contributed by atoms with Crippen LogP contribution in [0.25, 0.3) is 0 Å². The molecule has 1 aliphatic heterocycles. The third-order valence-corrected chi connectivity index (χ3v) is 2.03. The topological polar surface area (TPSA) is 95.1 Å². The molecule has 1 rings (SSSR count). The van der Waals surface area contributed by atoms with E-state index >= 15 is 0 Å². The lowest BCUT2D eigenvalue weighted by Gasteiger charge is -2.40. The first-order valence-corrected chi connectivity index (χ1v) is 4.75. The molecule has 1 heterocycles. The van der Waals surface area contributed by atoms with Crippen LogP contribution in [0.1, 0.15) is 27.2 Å². The minimum Gasteiger partial charge on any atom is -0.273 e. The number of hydrogen-bond acceptors (Lipinski definition) is 5. The summed E-state index contributed by atoms with van der Waals surface area (Å²) in [6, 6.07) is 0. The maximum absolute atomic E-state index is 11.5.